The average molecular weight is 445 g/mol. The normalized spacial score (nSPS) is 14.4. The Morgan fingerprint density at radius 2 is 1.45 bits per heavy atom. The molecule has 0 fully saturated rings. The highest BCUT2D eigenvalue weighted by atomic mass is 35.5. The number of anilines is 2. The molecule has 1 heterocycles. The zero-order valence-electron chi connectivity index (χ0n) is 14.7. The highest BCUT2D eigenvalue weighted by Crippen LogP contribution is 2.46. The molecule has 0 saturated heterocycles. The van der Waals surface area contributed by atoms with Crippen molar-refractivity contribution in [2.24, 2.45) is 0 Å². The monoisotopic (exact) mass is 443 g/mol. The number of benzene rings is 3. The molecule has 29 heavy (non-hydrogen) atoms. The summed E-state index contributed by atoms with van der Waals surface area (Å²) < 4.78 is 0. The van der Waals surface area contributed by atoms with Gasteiger partial charge in [0.2, 0.25) is 0 Å². The van der Waals surface area contributed by atoms with E-state index in [1.165, 1.54) is 17.0 Å². The maximum Gasteiger partial charge on any atom is 0.335 e. The quantitative estimate of drug-likeness (QED) is 0.465. The minimum atomic E-state index is -1.04. The Kier molecular flexibility index (Phi) is 5.09. The van der Waals surface area contributed by atoms with Crippen molar-refractivity contribution in [2.75, 3.05) is 4.90 Å². The molecule has 144 valence electrons. The lowest BCUT2D eigenvalue weighted by molar-refractivity contribution is -0.112. The van der Waals surface area contributed by atoms with Gasteiger partial charge in [0.05, 0.1) is 21.8 Å². The zero-order chi connectivity index (χ0) is 20.7. The second kappa shape index (κ2) is 7.56. The summed E-state index contributed by atoms with van der Waals surface area (Å²) in [5, 5.41) is 10.4. The maximum absolute atomic E-state index is 13.4. The second-order valence-corrected chi connectivity index (χ2v) is 7.54. The van der Waals surface area contributed by atoms with Gasteiger partial charge in [-0.15, -0.1) is 0 Å². The molecule has 3 aromatic rings. The van der Waals surface area contributed by atoms with Gasteiger partial charge in [0.15, 0.2) is 0 Å². The lowest BCUT2D eigenvalue weighted by Gasteiger charge is -2.17. The third-order valence-electron chi connectivity index (χ3n) is 4.60. The standard InChI is InChI=1S/C22H12Cl3NO3/c23-16-3-1-4-17(24)14(16)11-15-20-18(25)5-2-6-19(20)26(21(15)27)13-9-7-12(8-10-13)22(28)29/h1-11H,(H,28,29). The third-order valence-corrected chi connectivity index (χ3v) is 5.57. The summed E-state index contributed by atoms with van der Waals surface area (Å²) in [6.45, 7) is 0. The van der Waals surface area contributed by atoms with Crippen LogP contribution in [0.4, 0.5) is 11.4 Å². The summed E-state index contributed by atoms with van der Waals surface area (Å²) in [4.78, 5) is 26.0. The minimum absolute atomic E-state index is 0.130. The summed E-state index contributed by atoms with van der Waals surface area (Å²) in [7, 11) is 0. The molecule has 4 nitrogen and oxygen atoms in total. The Bertz CT molecular complexity index is 1170. The molecule has 0 radical (unpaired) electrons. The highest BCUT2D eigenvalue weighted by molar-refractivity contribution is 6.45. The van der Waals surface area contributed by atoms with Gasteiger partial charge in [-0.05, 0) is 54.6 Å². The van der Waals surface area contributed by atoms with E-state index < -0.39 is 5.97 Å². The number of carbonyl (C=O) groups is 2. The SMILES string of the molecule is O=C(O)c1ccc(N2C(=O)C(=Cc3c(Cl)cccc3Cl)c3c(Cl)cccc32)cc1. The van der Waals surface area contributed by atoms with E-state index >= 15 is 0 Å². The Balaban J connectivity index is 1.89. The fourth-order valence-corrected chi connectivity index (χ4v) is 4.02. The third kappa shape index (κ3) is 3.40. The van der Waals surface area contributed by atoms with Gasteiger partial charge < -0.3 is 5.11 Å². The van der Waals surface area contributed by atoms with Crippen LogP contribution in [0.2, 0.25) is 15.1 Å². The van der Waals surface area contributed by atoms with Crippen molar-refractivity contribution >= 4 is 69.7 Å². The van der Waals surface area contributed by atoms with Crippen molar-refractivity contribution in [1.29, 1.82) is 0 Å². The number of nitrogens with zero attached hydrogens (tertiary/aromatic N) is 1. The van der Waals surface area contributed by atoms with Crippen LogP contribution in [0.25, 0.3) is 11.6 Å². The van der Waals surface area contributed by atoms with Gasteiger partial charge in [0.25, 0.3) is 5.91 Å². The van der Waals surface area contributed by atoms with Crippen LogP contribution in [-0.2, 0) is 4.79 Å². The van der Waals surface area contributed by atoms with Crippen molar-refractivity contribution in [3.63, 3.8) is 0 Å². The van der Waals surface area contributed by atoms with Gasteiger partial charge in [-0.3, -0.25) is 9.69 Å². The molecule has 0 atom stereocenters. The van der Waals surface area contributed by atoms with Gasteiger partial charge in [-0.25, -0.2) is 4.79 Å². The average Bonchev–Trinajstić information content (AvgIpc) is 2.97. The number of carboxylic acids is 1. The first-order chi connectivity index (χ1) is 13.9. The number of hydrogen-bond donors (Lipinski definition) is 1. The van der Waals surface area contributed by atoms with Crippen LogP contribution in [0.1, 0.15) is 21.5 Å². The summed E-state index contributed by atoms with van der Waals surface area (Å²) in [5.74, 6) is -1.35. The van der Waals surface area contributed by atoms with Crippen molar-refractivity contribution < 1.29 is 14.7 Å². The first-order valence-corrected chi connectivity index (χ1v) is 9.64. The molecule has 0 saturated carbocycles. The Labute approximate surface area is 181 Å². The van der Waals surface area contributed by atoms with Gasteiger partial charge in [0.1, 0.15) is 0 Å². The van der Waals surface area contributed by atoms with Gasteiger partial charge >= 0.3 is 5.97 Å². The molecule has 0 aliphatic carbocycles. The topological polar surface area (TPSA) is 57.6 Å². The predicted octanol–water partition coefficient (Wildman–Crippen LogP) is 6.56. The van der Waals surface area contributed by atoms with E-state index in [-0.39, 0.29) is 11.5 Å². The Morgan fingerprint density at radius 3 is 2.07 bits per heavy atom. The molecule has 1 N–H and O–H groups in total. The molecule has 1 aliphatic heterocycles. The van der Waals surface area contributed by atoms with Crippen molar-refractivity contribution in [3.8, 4) is 0 Å². The van der Waals surface area contributed by atoms with Crippen LogP contribution in [0, 0.1) is 0 Å². The highest BCUT2D eigenvalue weighted by Gasteiger charge is 2.35. The van der Waals surface area contributed by atoms with E-state index in [0.29, 0.717) is 43.1 Å². The van der Waals surface area contributed by atoms with E-state index in [4.69, 9.17) is 39.9 Å². The largest absolute Gasteiger partial charge is 0.478 e. The smallest absolute Gasteiger partial charge is 0.335 e. The molecule has 0 aromatic heterocycles. The lowest BCUT2D eigenvalue weighted by atomic mass is 10.0. The van der Waals surface area contributed by atoms with Gasteiger partial charge in [-0.1, -0.05) is 46.9 Å². The fraction of sp³-hybridized carbons (Fsp3) is 0. The van der Waals surface area contributed by atoms with E-state index in [1.54, 1.807) is 54.6 Å². The second-order valence-electron chi connectivity index (χ2n) is 6.32. The fourth-order valence-electron chi connectivity index (χ4n) is 3.24. The number of rotatable bonds is 3. The summed E-state index contributed by atoms with van der Waals surface area (Å²) in [5.41, 5.74) is 2.69. The summed E-state index contributed by atoms with van der Waals surface area (Å²) >= 11 is 19.0. The molecule has 7 heteroatoms. The van der Waals surface area contributed by atoms with Crippen LogP contribution in [0.3, 0.4) is 0 Å². The molecule has 0 unspecified atom stereocenters. The molecule has 4 rings (SSSR count). The number of amides is 1. The number of halogens is 3. The molecule has 1 aliphatic rings. The van der Waals surface area contributed by atoms with Gasteiger partial charge in [0, 0.05) is 26.9 Å². The number of hydrogen-bond acceptors (Lipinski definition) is 2. The molecule has 3 aromatic carbocycles. The zero-order valence-corrected chi connectivity index (χ0v) is 17.0. The number of carbonyl (C=O) groups excluding carboxylic acids is 1. The van der Waals surface area contributed by atoms with E-state index in [9.17, 15) is 9.59 Å². The van der Waals surface area contributed by atoms with Crippen LogP contribution >= 0.6 is 34.8 Å². The van der Waals surface area contributed by atoms with E-state index in [0.717, 1.165) is 0 Å². The van der Waals surface area contributed by atoms with E-state index in [1.807, 2.05) is 0 Å². The molecule has 0 bridgehead atoms. The number of fused-ring (bicyclic) bond motifs is 1. The summed E-state index contributed by atoms with van der Waals surface area (Å²) in [6, 6.07) is 16.4. The van der Waals surface area contributed by atoms with Crippen molar-refractivity contribution in [3.05, 3.63) is 92.4 Å². The molecule has 1 amide bonds. The van der Waals surface area contributed by atoms with Crippen molar-refractivity contribution in [1.82, 2.24) is 0 Å². The van der Waals surface area contributed by atoms with Gasteiger partial charge in [-0.2, -0.15) is 0 Å². The first kappa shape index (κ1) is 19.5. The molecule has 0 spiro atoms. The van der Waals surface area contributed by atoms with Crippen LogP contribution in [0.5, 0.6) is 0 Å². The first-order valence-electron chi connectivity index (χ1n) is 8.51. The lowest BCUT2D eigenvalue weighted by Crippen LogP contribution is -2.20. The summed E-state index contributed by atoms with van der Waals surface area (Å²) in [6.07, 6.45) is 1.63. The predicted molar refractivity (Wildman–Crippen MR) is 116 cm³/mol. The van der Waals surface area contributed by atoms with Crippen LogP contribution < -0.4 is 4.90 Å². The Hall–Kier alpha value is -2.79. The van der Waals surface area contributed by atoms with Crippen LogP contribution in [0.15, 0.2) is 60.7 Å². The number of carboxylic acid groups (broad SMARTS) is 1. The maximum atomic E-state index is 13.4. The van der Waals surface area contributed by atoms with E-state index in [2.05, 4.69) is 0 Å². The Morgan fingerprint density at radius 1 is 0.862 bits per heavy atom. The molecular formula is C22H12Cl3NO3. The molecular weight excluding hydrogens is 433 g/mol. The van der Waals surface area contributed by atoms with Crippen molar-refractivity contribution in [2.45, 2.75) is 0 Å². The number of aromatic carboxylic acids is 1. The minimum Gasteiger partial charge on any atom is -0.478 e. The van der Waals surface area contributed by atoms with Crippen LogP contribution in [-0.4, -0.2) is 17.0 Å².